The van der Waals surface area contributed by atoms with Crippen LogP contribution >= 0.6 is 58.0 Å². The Bertz CT molecular complexity index is 4490. The van der Waals surface area contributed by atoms with Crippen molar-refractivity contribution in [1.82, 2.24) is 90.6 Å². The second-order valence-corrected chi connectivity index (χ2v) is 31.7. The van der Waals surface area contributed by atoms with Crippen molar-refractivity contribution in [3.63, 3.8) is 0 Å². The van der Waals surface area contributed by atoms with Gasteiger partial charge in [-0.25, -0.2) is 4.39 Å². The van der Waals surface area contributed by atoms with Crippen molar-refractivity contribution in [3.8, 4) is 79.0 Å². The fraction of sp³-hybridized carbons (Fsp3) is 0.400. The maximum Gasteiger partial charge on any atom is 0.131 e. The number of aryl methyl sites for hydroxylation is 4. The molecule has 0 saturated heterocycles. The smallest absolute Gasteiger partial charge is 0.131 e. The molecule has 12 aromatic rings. The number of hydrogen-bond donors (Lipinski definition) is 6. The molecule has 6 aromatic heterocycles. The Labute approximate surface area is 712 Å². The van der Waals surface area contributed by atoms with Gasteiger partial charge in [-0.2, -0.15) is 30.6 Å². The summed E-state index contributed by atoms with van der Waals surface area (Å²) in [5, 5.41) is 46.5. The van der Waals surface area contributed by atoms with Crippen LogP contribution in [0.5, 0.6) is 11.5 Å². The number of ether oxygens (including phenoxy) is 2. The fourth-order valence-electron chi connectivity index (χ4n) is 13.6. The highest BCUT2D eigenvalue weighted by Crippen LogP contribution is 2.37. The first-order chi connectivity index (χ1) is 55.8. The third-order valence-electron chi connectivity index (χ3n) is 19.1. The van der Waals surface area contributed by atoms with E-state index in [1.807, 2.05) is 86.4 Å². The highest BCUT2D eigenvalue weighted by molar-refractivity contribution is 6.36. The van der Waals surface area contributed by atoms with Crippen molar-refractivity contribution in [1.29, 1.82) is 0 Å². The van der Waals surface area contributed by atoms with Crippen molar-refractivity contribution in [2.75, 3.05) is 95.8 Å². The van der Waals surface area contributed by atoms with Crippen molar-refractivity contribution >= 4 is 58.0 Å². The van der Waals surface area contributed by atoms with Gasteiger partial charge in [-0.05, 0) is 226 Å². The van der Waals surface area contributed by atoms with E-state index in [1.54, 1.807) is 32.5 Å². The van der Waals surface area contributed by atoms with Crippen LogP contribution in [0.4, 0.5) is 4.39 Å². The lowest BCUT2D eigenvalue weighted by Gasteiger charge is -2.16. The second-order valence-electron chi connectivity index (χ2n) is 29.6. The van der Waals surface area contributed by atoms with Crippen LogP contribution in [0.15, 0.2) is 146 Å². The summed E-state index contributed by atoms with van der Waals surface area (Å²) in [5.41, 5.74) is 24.0. The van der Waals surface area contributed by atoms with E-state index in [1.165, 1.54) is 57.5 Å². The molecule has 0 unspecified atom stereocenters. The van der Waals surface area contributed by atoms with E-state index in [9.17, 15) is 4.39 Å². The Morgan fingerprint density at radius 1 is 0.310 bits per heavy atom. The SMILES string of the molecule is CCCN(C)Cc1cn[nH]c1-c1cc(C)ccc1Cl.CCCN(C)Cc1cn[nH]c1-c1ccc(C)cc1C.CCCN(C)Cc1cn[nH]c1-c1ccc(C)cc1Cl.CCCN(C)Cc1cn[nH]c1-c1ccc(Cl)cc1Cl.CCCN(C)Cc1cn[nH]c1-c1ccc(F)cc1Cl.CCCN(C)Cc1cn[nH]c1-c1ccc(OC)cc1OC. The van der Waals surface area contributed by atoms with Gasteiger partial charge < -0.3 is 38.9 Å². The number of benzene rings is 6. The molecule has 6 heterocycles. The minimum Gasteiger partial charge on any atom is -0.497 e. The van der Waals surface area contributed by atoms with Crippen LogP contribution in [-0.4, -0.2) is 186 Å². The summed E-state index contributed by atoms with van der Waals surface area (Å²) < 4.78 is 23.8. The first-order valence-corrected chi connectivity index (χ1v) is 41.6. The average Bonchev–Trinajstić information content (AvgIpc) is 1.64. The number of nitrogens with zero attached hydrogens (tertiary/aromatic N) is 12. The van der Waals surface area contributed by atoms with Gasteiger partial charge in [0.15, 0.2) is 0 Å². The van der Waals surface area contributed by atoms with Gasteiger partial charge in [0.25, 0.3) is 0 Å². The van der Waals surface area contributed by atoms with E-state index in [0.717, 1.165) is 216 Å². The van der Waals surface area contributed by atoms with Crippen molar-refractivity contribution in [2.24, 2.45) is 0 Å². The van der Waals surface area contributed by atoms with E-state index < -0.39 is 0 Å². The summed E-state index contributed by atoms with van der Waals surface area (Å²) in [7, 11) is 16.0. The third kappa shape index (κ3) is 28.8. The molecule has 6 aromatic carbocycles. The van der Waals surface area contributed by atoms with Gasteiger partial charge in [0.2, 0.25) is 0 Å². The standard InChI is InChI=1S/C16H23N3O2.C16H23N3.2C15H20ClN3.C14H17Cl2N3.C14H17ClFN3/c1-5-8-19(2)11-12-10-17-18-16(12)14-7-6-13(20-3)9-15(14)21-4;1-5-8-19(4)11-14-10-17-18-16(14)15-7-6-12(2)9-13(15)3;1-4-7-19(3)10-12-9-17-18-15(12)13-8-11(2)5-6-14(13)16;1-4-7-19(3)10-12-9-17-18-15(12)13-6-5-11(2)8-14(13)16;1-3-6-19(2)9-10-8-17-18-14(10)12-5-4-11(15)7-13(12)16;1-3-6-19(2)9-10-8-17-18-14(10)12-5-4-11(16)7-13(12)15/h6-7,9-10H,5,8,11H2,1-4H3,(H,17,18);6-7,9-10H,5,8,11H2,1-4H3,(H,17,18);2*5-6,8-9H,4,7,10H2,1-3H3,(H,17,18);2*4-5,7-8H,3,6,9H2,1-2H3,(H,17,18). The Morgan fingerprint density at radius 3 is 0.957 bits per heavy atom. The summed E-state index contributed by atoms with van der Waals surface area (Å²) in [4.78, 5) is 13.7. The average molecular weight is 1680 g/mol. The van der Waals surface area contributed by atoms with Gasteiger partial charge in [0.05, 0.1) is 101 Å². The molecular formula is C90H120Cl5FN18O2. The monoisotopic (exact) mass is 1680 g/mol. The number of methoxy groups -OCH3 is 2. The number of hydrogen-bond acceptors (Lipinski definition) is 14. The molecule has 26 heteroatoms. The van der Waals surface area contributed by atoms with E-state index in [0.29, 0.717) is 15.1 Å². The van der Waals surface area contributed by atoms with Gasteiger partial charge in [-0.15, -0.1) is 0 Å². The number of H-pyrrole nitrogens is 6. The largest absolute Gasteiger partial charge is 0.497 e. The predicted molar refractivity (Wildman–Crippen MR) is 481 cm³/mol. The lowest BCUT2D eigenvalue weighted by atomic mass is 10.0. The maximum atomic E-state index is 13.1. The molecule has 0 saturated carbocycles. The summed E-state index contributed by atoms with van der Waals surface area (Å²) in [6.45, 7) is 33.0. The molecule has 0 radical (unpaired) electrons. The molecule has 624 valence electrons. The summed E-state index contributed by atoms with van der Waals surface area (Å²) in [6, 6.07) is 34.4. The van der Waals surface area contributed by atoms with Crippen LogP contribution in [0.2, 0.25) is 25.1 Å². The minimum absolute atomic E-state index is 0.335. The Morgan fingerprint density at radius 2 is 0.612 bits per heavy atom. The number of aromatic amines is 6. The summed E-state index contributed by atoms with van der Waals surface area (Å²) in [5.74, 6) is 1.22. The molecule has 0 spiro atoms. The number of rotatable bonds is 32. The molecule has 116 heavy (non-hydrogen) atoms. The molecule has 0 bridgehead atoms. The number of aromatic nitrogens is 12. The molecule has 0 aliphatic rings. The first kappa shape index (κ1) is 94.5. The number of nitrogens with one attached hydrogen (secondary N) is 6. The summed E-state index contributed by atoms with van der Waals surface area (Å²) in [6.07, 6.45) is 18.1. The Kier molecular flexibility index (Phi) is 39.8. The molecule has 0 fully saturated rings. The molecule has 20 nitrogen and oxygen atoms in total. The molecular weight excluding hydrogens is 1560 g/mol. The van der Waals surface area contributed by atoms with Crippen LogP contribution in [0.25, 0.3) is 67.5 Å². The molecule has 0 atom stereocenters. The summed E-state index contributed by atoms with van der Waals surface area (Å²) >= 11 is 30.9. The van der Waals surface area contributed by atoms with Crippen LogP contribution in [0.3, 0.4) is 0 Å². The zero-order valence-electron chi connectivity index (χ0n) is 71.0. The minimum atomic E-state index is -0.335. The van der Waals surface area contributed by atoms with Gasteiger partial charge >= 0.3 is 0 Å². The zero-order chi connectivity index (χ0) is 84.4. The lowest BCUT2D eigenvalue weighted by Crippen LogP contribution is -2.18. The molecule has 6 N–H and O–H groups in total. The Balaban J connectivity index is 0.000000193. The van der Waals surface area contributed by atoms with Crippen LogP contribution in [-0.2, 0) is 39.3 Å². The predicted octanol–water partition coefficient (Wildman–Crippen LogP) is 22.2. The maximum absolute atomic E-state index is 13.1. The van der Waals surface area contributed by atoms with Gasteiger partial charge in [0, 0.05) is 122 Å². The normalized spacial score (nSPS) is 11.2. The van der Waals surface area contributed by atoms with Crippen molar-refractivity contribution in [3.05, 3.63) is 233 Å². The highest BCUT2D eigenvalue weighted by atomic mass is 35.5. The fourth-order valence-corrected chi connectivity index (χ4v) is 14.9. The van der Waals surface area contributed by atoms with E-state index in [2.05, 4.69) is 232 Å². The van der Waals surface area contributed by atoms with Crippen molar-refractivity contribution < 1.29 is 13.9 Å². The quantitative estimate of drug-likeness (QED) is 0.0232. The van der Waals surface area contributed by atoms with Gasteiger partial charge in [0.1, 0.15) is 17.3 Å². The van der Waals surface area contributed by atoms with Crippen LogP contribution in [0.1, 0.15) is 136 Å². The lowest BCUT2D eigenvalue weighted by molar-refractivity contribution is 0.328. The molecule has 0 aliphatic heterocycles. The Hall–Kier alpha value is -8.68. The first-order valence-electron chi connectivity index (χ1n) is 39.8. The highest BCUT2D eigenvalue weighted by Gasteiger charge is 2.20. The van der Waals surface area contributed by atoms with Crippen LogP contribution < -0.4 is 9.47 Å². The van der Waals surface area contributed by atoms with Gasteiger partial charge in [-0.1, -0.05) is 147 Å². The van der Waals surface area contributed by atoms with Crippen LogP contribution in [0, 0.1) is 33.5 Å². The molecule has 0 amide bonds. The van der Waals surface area contributed by atoms with E-state index in [-0.39, 0.29) is 5.82 Å². The molecule has 0 aliphatic carbocycles. The third-order valence-corrected chi connectivity index (χ3v) is 20.6. The van der Waals surface area contributed by atoms with Crippen molar-refractivity contribution in [2.45, 2.75) is 147 Å². The van der Waals surface area contributed by atoms with E-state index in [4.69, 9.17) is 67.5 Å². The zero-order valence-corrected chi connectivity index (χ0v) is 74.8. The molecule has 12 rings (SSSR count). The number of halogens is 6. The van der Waals surface area contributed by atoms with Gasteiger partial charge in [-0.3, -0.25) is 30.6 Å². The second kappa shape index (κ2) is 48.9. The topological polar surface area (TPSA) is 210 Å². The van der Waals surface area contributed by atoms with E-state index >= 15 is 0 Å².